The summed E-state index contributed by atoms with van der Waals surface area (Å²) in [6.07, 6.45) is 4.56. The number of rotatable bonds is 9. The van der Waals surface area contributed by atoms with Crippen LogP contribution in [0.5, 0.6) is 5.75 Å². The van der Waals surface area contributed by atoms with Crippen molar-refractivity contribution in [2.75, 3.05) is 20.3 Å². The molecule has 0 saturated heterocycles. The van der Waals surface area contributed by atoms with E-state index in [2.05, 4.69) is 5.32 Å². The largest absolute Gasteiger partial charge is 0.494 e. The van der Waals surface area contributed by atoms with Gasteiger partial charge in [0.25, 0.3) is 5.91 Å². The Hall–Kier alpha value is -3.12. The Labute approximate surface area is 177 Å². The summed E-state index contributed by atoms with van der Waals surface area (Å²) < 4.78 is 11.6. The van der Waals surface area contributed by atoms with Gasteiger partial charge in [-0.1, -0.05) is 42.5 Å². The lowest BCUT2D eigenvalue weighted by Crippen LogP contribution is -2.49. The second-order valence-electron chi connectivity index (χ2n) is 7.15. The van der Waals surface area contributed by atoms with Crippen molar-refractivity contribution in [2.24, 2.45) is 4.99 Å². The first-order valence-corrected chi connectivity index (χ1v) is 10.1. The molecule has 2 N–H and O–H groups in total. The first-order valence-electron chi connectivity index (χ1n) is 10.1. The number of aliphatic hydroxyl groups excluding tert-OH is 1. The van der Waals surface area contributed by atoms with Gasteiger partial charge in [0.2, 0.25) is 5.90 Å². The number of carbonyl (C=O) groups excluding carboxylic acids is 1. The maximum atomic E-state index is 12.8. The molecule has 158 valence electrons. The molecule has 2 aromatic carbocycles. The van der Waals surface area contributed by atoms with E-state index in [-0.39, 0.29) is 12.5 Å². The molecule has 3 rings (SSSR count). The van der Waals surface area contributed by atoms with E-state index < -0.39 is 11.6 Å². The van der Waals surface area contributed by atoms with Crippen LogP contribution in [0.4, 0.5) is 0 Å². The number of likely N-dealkylation sites (N-methyl/N-ethyl adjacent to an activating group) is 1. The summed E-state index contributed by atoms with van der Waals surface area (Å²) in [5.74, 6) is 0.981. The number of carbonyl (C=O) groups is 1. The van der Waals surface area contributed by atoms with E-state index in [1.165, 1.54) is 0 Å². The van der Waals surface area contributed by atoms with Crippen LogP contribution in [0.15, 0.2) is 65.7 Å². The van der Waals surface area contributed by atoms with E-state index in [1.807, 2.05) is 73.7 Å². The van der Waals surface area contributed by atoms with Gasteiger partial charge in [-0.3, -0.25) is 4.79 Å². The number of aliphatic imine (C=N–C) groups is 1. The smallest absolute Gasteiger partial charge is 0.252 e. The zero-order chi connectivity index (χ0) is 21.4. The van der Waals surface area contributed by atoms with Crippen molar-refractivity contribution in [3.63, 3.8) is 0 Å². The fraction of sp³-hybridized carbons (Fsp3) is 0.333. The minimum atomic E-state index is -1.02. The number of nitrogens with one attached hydrogen (secondary N) is 1. The fourth-order valence-electron chi connectivity index (χ4n) is 3.34. The standard InChI is InChI=1S/C24H28N2O4/c1-18-24(23(28)25-2,15-6-10-19-8-4-3-5-9-19)26-22(30-18)20-11-13-21(14-12-20)29-17-7-16-27/h3-6,8-14,18,27H,7,15-17H2,1-2H3,(H,25,28)/b10-6+/t18-,24-/m1/s1. The van der Waals surface area contributed by atoms with Crippen LogP contribution in [-0.2, 0) is 9.53 Å². The Morgan fingerprint density at radius 3 is 2.63 bits per heavy atom. The molecule has 1 heterocycles. The number of hydrogen-bond acceptors (Lipinski definition) is 5. The summed E-state index contributed by atoms with van der Waals surface area (Å²) in [6.45, 7) is 2.42. The average molecular weight is 408 g/mol. The van der Waals surface area contributed by atoms with Gasteiger partial charge >= 0.3 is 0 Å². The predicted molar refractivity (Wildman–Crippen MR) is 118 cm³/mol. The predicted octanol–water partition coefficient (Wildman–Crippen LogP) is 3.20. The van der Waals surface area contributed by atoms with Gasteiger partial charge in [-0.2, -0.15) is 0 Å². The number of aliphatic hydroxyl groups is 1. The molecule has 1 amide bonds. The number of amides is 1. The molecule has 0 aromatic heterocycles. The van der Waals surface area contributed by atoms with Crippen LogP contribution in [0, 0.1) is 0 Å². The van der Waals surface area contributed by atoms with Gasteiger partial charge in [-0.05, 0) is 36.8 Å². The summed E-state index contributed by atoms with van der Waals surface area (Å²) >= 11 is 0. The molecule has 6 heteroatoms. The molecular formula is C24H28N2O4. The maximum absolute atomic E-state index is 12.8. The second kappa shape index (κ2) is 10.1. The van der Waals surface area contributed by atoms with E-state index in [0.29, 0.717) is 31.1 Å². The third-order valence-electron chi connectivity index (χ3n) is 5.09. The Morgan fingerprint density at radius 1 is 1.23 bits per heavy atom. The van der Waals surface area contributed by atoms with Crippen LogP contribution < -0.4 is 10.1 Å². The van der Waals surface area contributed by atoms with Gasteiger partial charge in [0.1, 0.15) is 11.9 Å². The van der Waals surface area contributed by atoms with Gasteiger partial charge in [0, 0.05) is 32.1 Å². The van der Waals surface area contributed by atoms with Crippen molar-refractivity contribution in [2.45, 2.75) is 31.4 Å². The number of benzene rings is 2. The van der Waals surface area contributed by atoms with Crippen molar-refractivity contribution in [3.05, 3.63) is 71.8 Å². The molecule has 2 atom stereocenters. The van der Waals surface area contributed by atoms with E-state index in [4.69, 9.17) is 19.6 Å². The number of ether oxygens (including phenoxy) is 2. The normalized spacial score (nSPS) is 20.6. The quantitative estimate of drug-likeness (QED) is 0.625. The van der Waals surface area contributed by atoms with Crippen molar-refractivity contribution >= 4 is 17.9 Å². The average Bonchev–Trinajstić information content (AvgIpc) is 3.12. The van der Waals surface area contributed by atoms with Gasteiger partial charge in [0.05, 0.1) is 6.61 Å². The third-order valence-corrected chi connectivity index (χ3v) is 5.09. The van der Waals surface area contributed by atoms with Gasteiger partial charge in [-0.15, -0.1) is 0 Å². The van der Waals surface area contributed by atoms with Crippen LogP contribution in [0.25, 0.3) is 6.08 Å². The molecule has 2 aromatic rings. The summed E-state index contributed by atoms with van der Waals surface area (Å²) in [5, 5.41) is 11.6. The highest BCUT2D eigenvalue weighted by Crippen LogP contribution is 2.33. The third kappa shape index (κ3) is 4.89. The topological polar surface area (TPSA) is 80.2 Å². The zero-order valence-electron chi connectivity index (χ0n) is 17.4. The lowest BCUT2D eigenvalue weighted by molar-refractivity contribution is -0.127. The second-order valence-corrected chi connectivity index (χ2v) is 7.15. The highest BCUT2D eigenvalue weighted by Gasteiger charge is 2.49. The minimum absolute atomic E-state index is 0.0981. The van der Waals surface area contributed by atoms with Crippen molar-refractivity contribution < 1.29 is 19.4 Å². The SMILES string of the molecule is CNC(=O)[C@]1(C/C=C/c2ccccc2)N=C(c2ccc(OCCCO)cc2)O[C@@H]1C. The number of hydrogen-bond donors (Lipinski definition) is 2. The summed E-state index contributed by atoms with van der Waals surface area (Å²) in [4.78, 5) is 17.5. The molecule has 1 aliphatic rings. The number of nitrogens with zero attached hydrogens (tertiary/aromatic N) is 1. The minimum Gasteiger partial charge on any atom is -0.494 e. The van der Waals surface area contributed by atoms with Crippen LogP contribution in [0.1, 0.15) is 30.9 Å². The van der Waals surface area contributed by atoms with E-state index >= 15 is 0 Å². The molecule has 0 fully saturated rings. The molecule has 0 spiro atoms. The van der Waals surface area contributed by atoms with Gasteiger partial charge < -0.3 is 19.9 Å². The highest BCUT2D eigenvalue weighted by atomic mass is 16.5. The van der Waals surface area contributed by atoms with Crippen molar-refractivity contribution in [1.82, 2.24) is 5.32 Å². The monoisotopic (exact) mass is 408 g/mol. The lowest BCUT2D eigenvalue weighted by Gasteiger charge is -2.26. The van der Waals surface area contributed by atoms with Crippen LogP contribution in [-0.4, -0.2) is 48.8 Å². The van der Waals surface area contributed by atoms with Gasteiger partial charge in [-0.25, -0.2) is 4.99 Å². The Balaban J connectivity index is 1.80. The van der Waals surface area contributed by atoms with E-state index in [1.54, 1.807) is 7.05 Å². The van der Waals surface area contributed by atoms with Crippen LogP contribution in [0.3, 0.4) is 0 Å². The Bertz CT molecular complexity index is 893. The molecule has 0 bridgehead atoms. The van der Waals surface area contributed by atoms with Crippen molar-refractivity contribution in [1.29, 1.82) is 0 Å². The molecule has 0 unspecified atom stereocenters. The van der Waals surface area contributed by atoms with Crippen LogP contribution in [0.2, 0.25) is 0 Å². The molecule has 0 saturated carbocycles. The van der Waals surface area contributed by atoms with Gasteiger partial charge in [0.15, 0.2) is 5.54 Å². The molecule has 1 aliphatic heterocycles. The van der Waals surface area contributed by atoms with Crippen molar-refractivity contribution in [3.8, 4) is 5.75 Å². The zero-order valence-corrected chi connectivity index (χ0v) is 17.4. The molecule has 30 heavy (non-hydrogen) atoms. The first-order chi connectivity index (χ1) is 14.6. The molecule has 0 aliphatic carbocycles. The maximum Gasteiger partial charge on any atom is 0.252 e. The Morgan fingerprint density at radius 2 is 1.97 bits per heavy atom. The molecule has 0 radical (unpaired) electrons. The summed E-state index contributed by atoms with van der Waals surface area (Å²) in [5.41, 5.74) is 0.831. The lowest BCUT2D eigenvalue weighted by atomic mass is 9.89. The summed E-state index contributed by atoms with van der Waals surface area (Å²) in [6, 6.07) is 17.3. The Kier molecular flexibility index (Phi) is 7.25. The molecule has 6 nitrogen and oxygen atoms in total. The fourth-order valence-corrected chi connectivity index (χ4v) is 3.34. The summed E-state index contributed by atoms with van der Waals surface area (Å²) in [7, 11) is 1.61. The van der Waals surface area contributed by atoms with E-state index in [9.17, 15) is 4.79 Å². The highest BCUT2D eigenvalue weighted by molar-refractivity contribution is 6.00. The van der Waals surface area contributed by atoms with Crippen LogP contribution >= 0.6 is 0 Å². The molecular weight excluding hydrogens is 380 g/mol. The first kappa shape index (κ1) is 21.6. The van der Waals surface area contributed by atoms with E-state index in [0.717, 1.165) is 11.1 Å².